The zero-order valence-corrected chi connectivity index (χ0v) is 11.5. The van der Waals surface area contributed by atoms with Gasteiger partial charge in [0.2, 0.25) is 5.89 Å². The summed E-state index contributed by atoms with van der Waals surface area (Å²) in [6.07, 6.45) is 0. The normalized spacial score (nSPS) is 11.1. The molecule has 6 heteroatoms. The highest BCUT2D eigenvalue weighted by molar-refractivity contribution is 7.09. The molecule has 0 radical (unpaired) electrons. The fourth-order valence-corrected chi connectivity index (χ4v) is 2.08. The van der Waals surface area contributed by atoms with E-state index in [1.807, 2.05) is 11.4 Å². The Balaban J connectivity index is 1.75. The molecule has 2 aromatic heterocycles. The molecule has 0 unspecified atom stereocenters. The Hall–Kier alpha value is -1.40. The van der Waals surface area contributed by atoms with Crippen molar-refractivity contribution >= 4 is 17.4 Å². The second-order valence-corrected chi connectivity index (χ2v) is 5.49. The Morgan fingerprint density at radius 3 is 2.94 bits per heavy atom. The van der Waals surface area contributed by atoms with Crippen molar-refractivity contribution in [2.75, 3.05) is 11.9 Å². The van der Waals surface area contributed by atoms with Gasteiger partial charge in [0.1, 0.15) is 0 Å². The topological polar surface area (TPSA) is 63.0 Å². The van der Waals surface area contributed by atoms with E-state index in [0.717, 1.165) is 13.1 Å². The van der Waals surface area contributed by atoms with Crippen LogP contribution in [0.15, 0.2) is 21.9 Å². The molecule has 0 aliphatic heterocycles. The van der Waals surface area contributed by atoms with E-state index in [1.165, 1.54) is 4.88 Å². The second kappa shape index (κ2) is 6.51. The standard InChI is InChI=1S/C12H18N4OS/c1-9(2)6-13-8-11-15-16-12(17-11)14-7-10-4-3-5-18-10/h3-5,9,13H,6-8H2,1-2H3,(H,14,16). The van der Waals surface area contributed by atoms with Gasteiger partial charge in [-0.1, -0.05) is 25.0 Å². The van der Waals surface area contributed by atoms with Gasteiger partial charge in [0.05, 0.1) is 13.1 Å². The molecule has 0 saturated carbocycles. The molecule has 0 aliphatic rings. The predicted octanol–water partition coefficient (Wildman–Crippen LogP) is 2.49. The van der Waals surface area contributed by atoms with Crippen LogP contribution in [0.2, 0.25) is 0 Å². The molecule has 0 saturated heterocycles. The fraction of sp³-hybridized carbons (Fsp3) is 0.500. The molecule has 98 valence electrons. The van der Waals surface area contributed by atoms with Gasteiger partial charge in [0.25, 0.3) is 0 Å². The third-order valence-electron chi connectivity index (χ3n) is 2.29. The minimum Gasteiger partial charge on any atom is -0.407 e. The van der Waals surface area contributed by atoms with Crippen LogP contribution in [0.3, 0.4) is 0 Å². The van der Waals surface area contributed by atoms with Crippen LogP contribution in [-0.2, 0) is 13.1 Å². The molecule has 0 amide bonds. The summed E-state index contributed by atoms with van der Waals surface area (Å²) >= 11 is 1.70. The van der Waals surface area contributed by atoms with Crippen LogP contribution in [0, 0.1) is 5.92 Å². The lowest BCUT2D eigenvalue weighted by atomic mass is 10.2. The molecule has 2 aromatic rings. The molecule has 2 rings (SSSR count). The summed E-state index contributed by atoms with van der Waals surface area (Å²) in [7, 11) is 0. The van der Waals surface area contributed by atoms with E-state index in [9.17, 15) is 0 Å². The zero-order valence-electron chi connectivity index (χ0n) is 10.6. The van der Waals surface area contributed by atoms with Crippen molar-refractivity contribution in [3.63, 3.8) is 0 Å². The van der Waals surface area contributed by atoms with Gasteiger partial charge in [-0.25, -0.2) is 0 Å². The molecule has 5 nitrogen and oxygen atoms in total. The monoisotopic (exact) mass is 266 g/mol. The van der Waals surface area contributed by atoms with Gasteiger partial charge < -0.3 is 15.1 Å². The van der Waals surface area contributed by atoms with Crippen molar-refractivity contribution in [1.29, 1.82) is 0 Å². The van der Waals surface area contributed by atoms with Crippen molar-refractivity contribution in [2.45, 2.75) is 26.9 Å². The highest BCUT2D eigenvalue weighted by Crippen LogP contribution is 2.12. The Morgan fingerprint density at radius 1 is 1.33 bits per heavy atom. The Labute approximate surface area is 111 Å². The first-order chi connectivity index (χ1) is 8.74. The quantitative estimate of drug-likeness (QED) is 0.806. The summed E-state index contributed by atoms with van der Waals surface area (Å²) in [6.45, 7) is 6.61. The van der Waals surface area contributed by atoms with E-state index in [1.54, 1.807) is 11.3 Å². The molecule has 0 spiro atoms. The molecular weight excluding hydrogens is 248 g/mol. The predicted molar refractivity (Wildman–Crippen MR) is 72.5 cm³/mol. The first-order valence-corrected chi connectivity index (χ1v) is 6.91. The number of nitrogens with one attached hydrogen (secondary N) is 2. The van der Waals surface area contributed by atoms with Crippen LogP contribution in [0.4, 0.5) is 6.01 Å². The minimum atomic E-state index is 0.477. The van der Waals surface area contributed by atoms with Gasteiger partial charge in [-0.05, 0) is 23.9 Å². The number of thiophene rings is 1. The average Bonchev–Trinajstić information content (AvgIpc) is 2.96. The Bertz CT molecular complexity index is 452. The van der Waals surface area contributed by atoms with Gasteiger partial charge in [-0.3, -0.25) is 0 Å². The summed E-state index contributed by atoms with van der Waals surface area (Å²) in [5, 5.41) is 16.3. The van der Waals surface area contributed by atoms with Crippen LogP contribution in [0.25, 0.3) is 0 Å². The molecule has 2 N–H and O–H groups in total. The van der Waals surface area contributed by atoms with Gasteiger partial charge >= 0.3 is 6.01 Å². The summed E-state index contributed by atoms with van der Waals surface area (Å²) in [5.41, 5.74) is 0. The maximum atomic E-state index is 5.47. The number of hydrogen-bond donors (Lipinski definition) is 2. The molecule has 0 aromatic carbocycles. The van der Waals surface area contributed by atoms with Crippen molar-refractivity contribution in [3.8, 4) is 0 Å². The number of nitrogens with zero attached hydrogens (tertiary/aromatic N) is 2. The first kappa shape index (κ1) is 13.0. The third kappa shape index (κ3) is 4.12. The summed E-state index contributed by atoms with van der Waals surface area (Å²) in [5.74, 6) is 1.23. The van der Waals surface area contributed by atoms with Crippen LogP contribution in [-0.4, -0.2) is 16.7 Å². The Morgan fingerprint density at radius 2 is 2.22 bits per heavy atom. The zero-order chi connectivity index (χ0) is 12.8. The first-order valence-electron chi connectivity index (χ1n) is 6.03. The number of hydrogen-bond acceptors (Lipinski definition) is 6. The largest absolute Gasteiger partial charge is 0.407 e. The number of anilines is 1. The average molecular weight is 266 g/mol. The van der Waals surface area contributed by atoms with Crippen LogP contribution >= 0.6 is 11.3 Å². The van der Waals surface area contributed by atoms with Crippen molar-refractivity contribution in [1.82, 2.24) is 15.5 Å². The van der Waals surface area contributed by atoms with E-state index < -0.39 is 0 Å². The van der Waals surface area contributed by atoms with Gasteiger partial charge in [0.15, 0.2) is 0 Å². The summed E-state index contributed by atoms with van der Waals surface area (Å²) in [4.78, 5) is 1.24. The molecule has 0 aliphatic carbocycles. The molecule has 18 heavy (non-hydrogen) atoms. The fourth-order valence-electron chi connectivity index (χ4n) is 1.44. The number of rotatable bonds is 7. The smallest absolute Gasteiger partial charge is 0.315 e. The molecule has 0 bridgehead atoms. The maximum Gasteiger partial charge on any atom is 0.315 e. The van der Waals surface area contributed by atoms with E-state index in [2.05, 4.69) is 40.7 Å². The lowest BCUT2D eigenvalue weighted by Gasteiger charge is -2.03. The summed E-state index contributed by atoms with van der Waals surface area (Å²) < 4.78 is 5.47. The SMILES string of the molecule is CC(C)CNCc1nnc(NCc2cccs2)o1. The van der Waals surface area contributed by atoms with E-state index >= 15 is 0 Å². The third-order valence-corrected chi connectivity index (χ3v) is 3.17. The van der Waals surface area contributed by atoms with E-state index in [0.29, 0.717) is 24.4 Å². The Kier molecular flexibility index (Phi) is 4.72. The lowest BCUT2D eigenvalue weighted by molar-refractivity contribution is 0.458. The van der Waals surface area contributed by atoms with Gasteiger partial charge in [-0.2, -0.15) is 0 Å². The highest BCUT2D eigenvalue weighted by atomic mass is 32.1. The minimum absolute atomic E-state index is 0.477. The van der Waals surface area contributed by atoms with Crippen molar-refractivity contribution in [3.05, 3.63) is 28.3 Å². The molecule has 0 fully saturated rings. The van der Waals surface area contributed by atoms with Crippen LogP contribution < -0.4 is 10.6 Å². The summed E-state index contributed by atoms with van der Waals surface area (Å²) in [6, 6.07) is 4.57. The van der Waals surface area contributed by atoms with Gasteiger partial charge in [0, 0.05) is 4.88 Å². The van der Waals surface area contributed by atoms with Crippen LogP contribution in [0.5, 0.6) is 0 Å². The lowest BCUT2D eigenvalue weighted by Crippen LogP contribution is -2.19. The van der Waals surface area contributed by atoms with Crippen molar-refractivity contribution in [2.24, 2.45) is 5.92 Å². The molecule has 0 atom stereocenters. The van der Waals surface area contributed by atoms with E-state index in [-0.39, 0.29) is 0 Å². The van der Waals surface area contributed by atoms with Crippen LogP contribution in [0.1, 0.15) is 24.6 Å². The number of aromatic nitrogens is 2. The second-order valence-electron chi connectivity index (χ2n) is 4.46. The highest BCUT2D eigenvalue weighted by Gasteiger charge is 2.05. The molecular formula is C12H18N4OS. The van der Waals surface area contributed by atoms with Gasteiger partial charge in [-0.15, -0.1) is 16.4 Å². The van der Waals surface area contributed by atoms with Crippen molar-refractivity contribution < 1.29 is 4.42 Å². The maximum absolute atomic E-state index is 5.47. The van der Waals surface area contributed by atoms with E-state index in [4.69, 9.17) is 4.42 Å². The molecule has 2 heterocycles.